The summed E-state index contributed by atoms with van der Waals surface area (Å²) in [6.07, 6.45) is 1.08. The smallest absolute Gasteiger partial charge is 0.141 e. The lowest BCUT2D eigenvalue weighted by Crippen LogP contribution is -2.34. The number of hydrogen-bond acceptors (Lipinski definition) is 5. The molecule has 8 heteroatoms. The van der Waals surface area contributed by atoms with E-state index in [2.05, 4.69) is 15.8 Å². The van der Waals surface area contributed by atoms with Gasteiger partial charge in [-0.3, -0.25) is 9.19 Å². The van der Waals surface area contributed by atoms with Crippen molar-refractivity contribution in [2.45, 2.75) is 19.4 Å². The van der Waals surface area contributed by atoms with Crippen LogP contribution in [0.2, 0.25) is 0 Å². The van der Waals surface area contributed by atoms with Crippen LogP contribution in [-0.4, -0.2) is 19.3 Å². The summed E-state index contributed by atoms with van der Waals surface area (Å²) in [6.45, 7) is 3.45. The van der Waals surface area contributed by atoms with Crippen LogP contribution >= 0.6 is 0 Å². The number of pyridine rings is 1. The molecule has 2 aromatic rings. The molecule has 0 saturated carbocycles. The lowest BCUT2D eigenvalue weighted by Gasteiger charge is -2.34. The van der Waals surface area contributed by atoms with Crippen molar-refractivity contribution in [1.29, 1.82) is 5.26 Å². The number of halogens is 1. The van der Waals surface area contributed by atoms with Crippen molar-refractivity contribution in [3.63, 3.8) is 0 Å². The molecule has 3 rings (SSSR count). The minimum absolute atomic E-state index is 0.328. The first kappa shape index (κ1) is 17.1. The zero-order chi connectivity index (χ0) is 18.2. The highest BCUT2D eigenvalue weighted by atomic mass is 32.2. The summed E-state index contributed by atoms with van der Waals surface area (Å²) in [5.74, 6) is -0.0764. The van der Waals surface area contributed by atoms with Gasteiger partial charge in [0.25, 0.3) is 0 Å². The second kappa shape index (κ2) is 6.27. The van der Waals surface area contributed by atoms with Gasteiger partial charge in [-0.25, -0.2) is 4.39 Å². The van der Waals surface area contributed by atoms with Crippen molar-refractivity contribution >= 4 is 22.5 Å². The lowest BCUT2D eigenvalue weighted by atomic mass is 9.85. The third-order valence-corrected chi connectivity index (χ3v) is 4.17. The van der Waals surface area contributed by atoms with E-state index in [9.17, 15) is 18.4 Å². The van der Waals surface area contributed by atoms with Crippen molar-refractivity contribution in [3.8, 4) is 11.8 Å². The standard InChI is InChI=1S/C17H14FN3O3S/c1-17(2)13(8-19)16(14-6-3-10(18)9-20-14)12-5-4-11(21-25(22)23)7-15(12)24-17/h3-7,9,21H,1-2H3,(H,22,23)/p-1. The Kier molecular flexibility index (Phi) is 4.29. The molecule has 25 heavy (non-hydrogen) atoms. The maximum Gasteiger partial charge on any atom is 0.141 e. The van der Waals surface area contributed by atoms with Crippen molar-refractivity contribution in [2.24, 2.45) is 0 Å². The molecular weight excluding hydrogens is 345 g/mol. The van der Waals surface area contributed by atoms with E-state index in [1.165, 1.54) is 18.2 Å². The second-order valence-corrected chi connectivity index (χ2v) is 6.56. The van der Waals surface area contributed by atoms with Gasteiger partial charge in [0.2, 0.25) is 0 Å². The van der Waals surface area contributed by atoms with Crippen LogP contribution in [0.4, 0.5) is 10.1 Å². The molecular formula is C17H13FN3O3S-. The summed E-state index contributed by atoms with van der Waals surface area (Å²) in [4.78, 5) is 4.08. The number of nitrogens with one attached hydrogen (secondary N) is 1. The molecule has 0 saturated heterocycles. The van der Waals surface area contributed by atoms with Crippen LogP contribution in [0.3, 0.4) is 0 Å². The lowest BCUT2D eigenvalue weighted by molar-refractivity contribution is 0.149. The number of nitriles is 1. The van der Waals surface area contributed by atoms with Crippen molar-refractivity contribution in [3.05, 3.63) is 59.2 Å². The average molecular weight is 358 g/mol. The molecule has 1 aromatic carbocycles. The minimum Gasteiger partial charge on any atom is -0.755 e. The largest absolute Gasteiger partial charge is 0.755 e. The third-order valence-electron chi connectivity index (χ3n) is 3.76. The van der Waals surface area contributed by atoms with Gasteiger partial charge in [-0.15, -0.1) is 0 Å². The van der Waals surface area contributed by atoms with Gasteiger partial charge in [-0.2, -0.15) is 5.26 Å². The first-order valence-electron chi connectivity index (χ1n) is 7.28. The highest BCUT2D eigenvalue weighted by Crippen LogP contribution is 2.44. The van der Waals surface area contributed by atoms with Gasteiger partial charge >= 0.3 is 0 Å². The molecule has 0 spiro atoms. The Morgan fingerprint density at radius 2 is 2.12 bits per heavy atom. The van der Waals surface area contributed by atoms with Crippen LogP contribution in [0, 0.1) is 17.1 Å². The summed E-state index contributed by atoms with van der Waals surface area (Å²) in [5, 5.41) is 9.63. The van der Waals surface area contributed by atoms with Gasteiger partial charge in [0.05, 0.1) is 23.5 Å². The highest BCUT2D eigenvalue weighted by Gasteiger charge is 2.36. The molecule has 1 aliphatic heterocycles. The van der Waals surface area contributed by atoms with Crippen molar-refractivity contribution in [2.75, 3.05) is 4.72 Å². The number of anilines is 1. The quantitative estimate of drug-likeness (QED) is 0.851. The summed E-state index contributed by atoms with van der Waals surface area (Å²) in [5.41, 5.74) is 1.27. The van der Waals surface area contributed by atoms with E-state index in [0.29, 0.717) is 33.8 Å². The SMILES string of the molecule is CC1(C)Oc2cc(NS(=O)[O-])ccc2C(c2ccc(F)cn2)=C1C#N. The molecule has 1 N–H and O–H groups in total. The van der Waals surface area contributed by atoms with Gasteiger partial charge in [0.1, 0.15) is 17.2 Å². The van der Waals surface area contributed by atoms with Gasteiger partial charge in [0.15, 0.2) is 0 Å². The highest BCUT2D eigenvalue weighted by molar-refractivity contribution is 7.80. The normalized spacial score (nSPS) is 16.4. The Balaban J connectivity index is 2.23. The molecule has 0 bridgehead atoms. The van der Waals surface area contributed by atoms with Crippen LogP contribution in [0.1, 0.15) is 25.1 Å². The molecule has 0 fully saturated rings. The fraction of sp³-hybridized carbons (Fsp3) is 0.176. The van der Waals surface area contributed by atoms with Gasteiger partial charge in [-0.05, 0) is 38.1 Å². The van der Waals surface area contributed by atoms with E-state index in [0.717, 1.165) is 6.20 Å². The average Bonchev–Trinajstić information content (AvgIpc) is 2.53. The summed E-state index contributed by atoms with van der Waals surface area (Å²) >= 11 is -2.47. The predicted molar refractivity (Wildman–Crippen MR) is 89.5 cm³/mol. The number of aromatic nitrogens is 1. The number of ether oxygens (including phenoxy) is 1. The summed E-state index contributed by atoms with van der Waals surface area (Å²) in [7, 11) is 0. The topological polar surface area (TPSA) is 98.1 Å². The number of benzene rings is 1. The Morgan fingerprint density at radius 3 is 2.72 bits per heavy atom. The second-order valence-electron chi connectivity index (χ2n) is 5.88. The maximum absolute atomic E-state index is 13.2. The number of rotatable bonds is 3. The van der Waals surface area contributed by atoms with E-state index in [1.54, 1.807) is 26.0 Å². The van der Waals surface area contributed by atoms with Crippen molar-refractivity contribution < 1.29 is 17.9 Å². The Labute approximate surface area is 146 Å². The zero-order valence-corrected chi connectivity index (χ0v) is 14.2. The van der Waals surface area contributed by atoms with E-state index in [1.807, 2.05) is 0 Å². The molecule has 6 nitrogen and oxygen atoms in total. The van der Waals surface area contributed by atoms with E-state index >= 15 is 0 Å². The van der Waals surface area contributed by atoms with Crippen LogP contribution < -0.4 is 9.46 Å². The molecule has 128 valence electrons. The molecule has 1 aromatic heterocycles. The predicted octanol–water partition coefficient (Wildman–Crippen LogP) is 2.92. The Hall–Kier alpha value is -2.76. The third kappa shape index (κ3) is 3.24. The zero-order valence-electron chi connectivity index (χ0n) is 13.4. The maximum atomic E-state index is 13.2. The van der Waals surface area contributed by atoms with Crippen LogP contribution in [0.15, 0.2) is 42.1 Å². The van der Waals surface area contributed by atoms with E-state index < -0.39 is 22.7 Å². The Morgan fingerprint density at radius 1 is 1.36 bits per heavy atom. The summed E-state index contributed by atoms with van der Waals surface area (Å²) in [6, 6.07) is 9.63. The first-order chi connectivity index (χ1) is 11.8. The monoisotopic (exact) mass is 358 g/mol. The molecule has 1 unspecified atom stereocenters. The number of fused-ring (bicyclic) bond motifs is 1. The van der Waals surface area contributed by atoms with Crippen LogP contribution in [0.25, 0.3) is 5.57 Å². The van der Waals surface area contributed by atoms with Gasteiger partial charge in [0, 0.05) is 34.2 Å². The summed E-state index contributed by atoms with van der Waals surface area (Å²) < 4.78 is 43.0. The molecule has 2 heterocycles. The number of hydrogen-bond donors (Lipinski definition) is 1. The molecule has 1 atom stereocenters. The fourth-order valence-electron chi connectivity index (χ4n) is 2.71. The van der Waals surface area contributed by atoms with Crippen molar-refractivity contribution in [1.82, 2.24) is 4.98 Å². The van der Waals surface area contributed by atoms with E-state index in [-0.39, 0.29) is 0 Å². The minimum atomic E-state index is -2.47. The molecule has 1 aliphatic rings. The number of nitrogens with zero attached hydrogens (tertiary/aromatic N) is 2. The first-order valence-corrected chi connectivity index (χ1v) is 8.35. The van der Waals surface area contributed by atoms with Crippen LogP contribution in [-0.2, 0) is 11.3 Å². The fourth-order valence-corrected chi connectivity index (χ4v) is 3.03. The molecule has 0 aliphatic carbocycles. The molecule has 0 radical (unpaired) electrons. The van der Waals surface area contributed by atoms with Crippen LogP contribution in [0.5, 0.6) is 5.75 Å². The molecule has 0 amide bonds. The Bertz CT molecular complexity index is 933. The van der Waals surface area contributed by atoms with E-state index in [4.69, 9.17) is 4.74 Å². The van der Waals surface area contributed by atoms with Gasteiger partial charge < -0.3 is 14.0 Å². The van der Waals surface area contributed by atoms with Gasteiger partial charge in [-0.1, -0.05) is 0 Å².